The maximum absolute atomic E-state index is 12.4. The van der Waals surface area contributed by atoms with Crippen LogP contribution in [0, 0.1) is 5.41 Å². The zero-order chi connectivity index (χ0) is 16.0. The molecule has 1 nitrogen and oxygen atoms in total. The van der Waals surface area contributed by atoms with Crippen LogP contribution >= 0.6 is 0 Å². The minimum atomic E-state index is 0.0532. The normalized spacial score (nSPS) is 13.2. The van der Waals surface area contributed by atoms with Crippen LogP contribution in [0.3, 0.4) is 0 Å². The van der Waals surface area contributed by atoms with Crippen LogP contribution in [-0.2, 0) is 4.79 Å². The highest BCUT2D eigenvalue weighted by Crippen LogP contribution is 2.37. The molecule has 0 aliphatic carbocycles. The van der Waals surface area contributed by atoms with E-state index in [4.69, 9.17) is 0 Å². The number of allylic oxidation sites excluding steroid dienone is 1. The highest BCUT2D eigenvalue weighted by atomic mass is 16.1. The van der Waals surface area contributed by atoms with E-state index in [0.717, 1.165) is 5.56 Å². The van der Waals surface area contributed by atoms with Crippen LogP contribution in [0.4, 0.5) is 0 Å². The van der Waals surface area contributed by atoms with Crippen molar-refractivity contribution in [1.82, 2.24) is 0 Å². The van der Waals surface area contributed by atoms with Gasteiger partial charge in [0.2, 0.25) is 0 Å². The highest BCUT2D eigenvalue weighted by Gasteiger charge is 2.27. The molecule has 2 aromatic rings. The van der Waals surface area contributed by atoms with E-state index in [2.05, 4.69) is 32.9 Å². The van der Waals surface area contributed by atoms with Crippen molar-refractivity contribution < 1.29 is 4.79 Å². The second-order valence-corrected chi connectivity index (χ2v) is 6.74. The Morgan fingerprint density at radius 2 is 1.50 bits per heavy atom. The zero-order valence-corrected chi connectivity index (χ0v) is 13.6. The lowest BCUT2D eigenvalue weighted by atomic mass is 9.74. The minimum Gasteiger partial charge on any atom is -0.295 e. The topological polar surface area (TPSA) is 17.1 Å². The molecule has 0 spiro atoms. The Labute approximate surface area is 133 Å². The van der Waals surface area contributed by atoms with E-state index < -0.39 is 0 Å². The number of carbonyl (C=O) groups is 1. The van der Waals surface area contributed by atoms with Crippen molar-refractivity contribution in [3.05, 3.63) is 77.9 Å². The van der Waals surface area contributed by atoms with Crippen molar-refractivity contribution in [1.29, 1.82) is 0 Å². The van der Waals surface area contributed by atoms with Crippen LogP contribution in [0.15, 0.2) is 66.7 Å². The molecule has 0 fully saturated rings. The molecule has 0 saturated carbocycles. The van der Waals surface area contributed by atoms with E-state index in [-0.39, 0.29) is 17.1 Å². The Morgan fingerprint density at radius 1 is 0.955 bits per heavy atom. The van der Waals surface area contributed by atoms with E-state index in [1.807, 2.05) is 54.6 Å². The summed E-state index contributed by atoms with van der Waals surface area (Å²) in [4.78, 5) is 12.4. The standard InChI is InChI=1S/C21H24O/c1-21(2,3)20(18-12-8-5-9-13-18)16-19(22)15-14-17-10-6-4-7-11-17/h4-15,20H,16H2,1-3H3/b15-14-. The van der Waals surface area contributed by atoms with Crippen LogP contribution in [0.2, 0.25) is 0 Å². The summed E-state index contributed by atoms with van der Waals surface area (Å²) in [5, 5.41) is 0. The smallest absolute Gasteiger partial charge is 0.156 e. The quantitative estimate of drug-likeness (QED) is 0.666. The lowest BCUT2D eigenvalue weighted by molar-refractivity contribution is -0.115. The van der Waals surface area contributed by atoms with Crippen molar-refractivity contribution in [3.63, 3.8) is 0 Å². The number of hydrogen-bond donors (Lipinski definition) is 0. The van der Waals surface area contributed by atoms with Crippen LogP contribution in [0.5, 0.6) is 0 Å². The van der Waals surface area contributed by atoms with Gasteiger partial charge in [0.1, 0.15) is 0 Å². The number of benzene rings is 2. The van der Waals surface area contributed by atoms with Gasteiger partial charge in [-0.1, -0.05) is 87.5 Å². The summed E-state index contributed by atoms with van der Waals surface area (Å²) in [6, 6.07) is 20.3. The van der Waals surface area contributed by atoms with Gasteiger partial charge in [0.25, 0.3) is 0 Å². The van der Waals surface area contributed by atoms with Gasteiger partial charge in [-0.15, -0.1) is 0 Å². The third-order valence-corrected chi connectivity index (χ3v) is 3.91. The van der Waals surface area contributed by atoms with Gasteiger partial charge in [-0.3, -0.25) is 4.79 Å². The van der Waals surface area contributed by atoms with Crippen molar-refractivity contribution in [3.8, 4) is 0 Å². The molecule has 114 valence electrons. The Kier molecular flexibility index (Phi) is 5.32. The Balaban J connectivity index is 2.11. The van der Waals surface area contributed by atoms with Crippen LogP contribution in [0.1, 0.15) is 44.2 Å². The minimum absolute atomic E-state index is 0.0532. The first-order valence-electron chi connectivity index (χ1n) is 7.78. The molecule has 0 saturated heterocycles. The van der Waals surface area contributed by atoms with Gasteiger partial charge in [0.05, 0.1) is 0 Å². The molecule has 0 N–H and O–H groups in total. The van der Waals surface area contributed by atoms with Crippen molar-refractivity contribution in [2.75, 3.05) is 0 Å². The molecule has 0 amide bonds. The number of ketones is 1. The zero-order valence-electron chi connectivity index (χ0n) is 13.6. The molecule has 1 unspecified atom stereocenters. The molecule has 0 aliphatic rings. The Hall–Kier alpha value is -2.15. The van der Waals surface area contributed by atoms with E-state index in [9.17, 15) is 4.79 Å². The molecule has 0 aromatic heterocycles. The molecular formula is C21H24O. The molecule has 0 aliphatic heterocycles. The Morgan fingerprint density at radius 3 is 2.05 bits per heavy atom. The molecule has 2 aromatic carbocycles. The van der Waals surface area contributed by atoms with Gasteiger partial charge in [-0.25, -0.2) is 0 Å². The van der Waals surface area contributed by atoms with Gasteiger partial charge in [0, 0.05) is 6.42 Å². The fourth-order valence-electron chi connectivity index (χ4n) is 2.63. The predicted molar refractivity (Wildman–Crippen MR) is 93.7 cm³/mol. The molecular weight excluding hydrogens is 268 g/mol. The summed E-state index contributed by atoms with van der Waals surface area (Å²) in [6.07, 6.45) is 4.14. The number of rotatable bonds is 5. The van der Waals surface area contributed by atoms with Crippen LogP contribution in [-0.4, -0.2) is 5.78 Å². The first-order valence-corrected chi connectivity index (χ1v) is 7.78. The molecule has 0 heterocycles. The fourth-order valence-corrected chi connectivity index (χ4v) is 2.63. The lowest BCUT2D eigenvalue weighted by Crippen LogP contribution is -2.21. The van der Waals surface area contributed by atoms with Crippen LogP contribution < -0.4 is 0 Å². The van der Waals surface area contributed by atoms with Crippen LogP contribution in [0.25, 0.3) is 6.08 Å². The molecule has 2 rings (SSSR count). The number of carbonyl (C=O) groups excluding carboxylic acids is 1. The first-order chi connectivity index (χ1) is 10.5. The summed E-state index contributed by atoms with van der Waals surface area (Å²) in [5.41, 5.74) is 2.34. The van der Waals surface area contributed by atoms with Gasteiger partial charge in [0.15, 0.2) is 5.78 Å². The summed E-state index contributed by atoms with van der Waals surface area (Å²) < 4.78 is 0. The van der Waals surface area contributed by atoms with Gasteiger partial charge < -0.3 is 0 Å². The van der Waals surface area contributed by atoms with E-state index in [1.165, 1.54) is 5.56 Å². The number of hydrogen-bond acceptors (Lipinski definition) is 1. The maximum atomic E-state index is 12.4. The Bertz CT molecular complexity index is 618. The molecule has 0 radical (unpaired) electrons. The second kappa shape index (κ2) is 7.22. The van der Waals surface area contributed by atoms with E-state index in [0.29, 0.717) is 6.42 Å². The maximum Gasteiger partial charge on any atom is 0.156 e. The van der Waals surface area contributed by atoms with E-state index >= 15 is 0 Å². The molecule has 22 heavy (non-hydrogen) atoms. The molecule has 0 bridgehead atoms. The average molecular weight is 292 g/mol. The highest BCUT2D eigenvalue weighted by molar-refractivity contribution is 5.94. The summed E-state index contributed by atoms with van der Waals surface area (Å²) in [5.74, 6) is 0.397. The summed E-state index contributed by atoms with van der Waals surface area (Å²) in [6.45, 7) is 6.58. The van der Waals surface area contributed by atoms with Crippen molar-refractivity contribution >= 4 is 11.9 Å². The fraction of sp³-hybridized carbons (Fsp3) is 0.286. The van der Waals surface area contributed by atoms with Crippen molar-refractivity contribution in [2.45, 2.75) is 33.1 Å². The first kappa shape index (κ1) is 16.2. The van der Waals surface area contributed by atoms with Crippen molar-refractivity contribution in [2.24, 2.45) is 5.41 Å². The average Bonchev–Trinajstić information content (AvgIpc) is 2.51. The second-order valence-electron chi connectivity index (χ2n) is 6.74. The molecule has 1 atom stereocenters. The van der Waals surface area contributed by atoms with Gasteiger partial charge in [-0.05, 0) is 28.5 Å². The summed E-state index contributed by atoms with van der Waals surface area (Å²) >= 11 is 0. The van der Waals surface area contributed by atoms with E-state index in [1.54, 1.807) is 6.08 Å². The summed E-state index contributed by atoms with van der Waals surface area (Å²) in [7, 11) is 0. The SMILES string of the molecule is CC(C)(C)C(CC(=O)/C=C\c1ccccc1)c1ccccc1. The largest absolute Gasteiger partial charge is 0.295 e. The predicted octanol–water partition coefficient (Wildman–Crippen LogP) is 5.49. The monoisotopic (exact) mass is 292 g/mol. The van der Waals surface area contributed by atoms with Gasteiger partial charge >= 0.3 is 0 Å². The lowest BCUT2D eigenvalue weighted by Gasteiger charge is -2.30. The van der Waals surface area contributed by atoms with Gasteiger partial charge in [-0.2, -0.15) is 0 Å². The molecule has 1 heteroatoms. The third-order valence-electron chi connectivity index (χ3n) is 3.91. The third kappa shape index (κ3) is 4.70.